The van der Waals surface area contributed by atoms with E-state index in [0.29, 0.717) is 30.4 Å². The van der Waals surface area contributed by atoms with Gasteiger partial charge in [0.15, 0.2) is 0 Å². The Morgan fingerprint density at radius 3 is 2.70 bits per heavy atom. The van der Waals surface area contributed by atoms with Crippen LogP contribution in [0.2, 0.25) is 5.02 Å². The summed E-state index contributed by atoms with van der Waals surface area (Å²) in [5.41, 5.74) is 0.412. The molecule has 3 rings (SSSR count). The molecule has 0 radical (unpaired) electrons. The summed E-state index contributed by atoms with van der Waals surface area (Å²) in [6.07, 6.45) is 3.80. The molecule has 0 aliphatic rings. The number of nitrogens with zero attached hydrogens (tertiary/aromatic N) is 3. The van der Waals surface area contributed by atoms with Gasteiger partial charge in [0.25, 0.3) is 0 Å². The maximum atomic E-state index is 13.1. The Balaban J connectivity index is 1.48. The van der Waals surface area contributed by atoms with E-state index < -0.39 is 11.8 Å². The normalized spacial score (nSPS) is 10.5. The van der Waals surface area contributed by atoms with Crippen molar-refractivity contribution in [2.75, 3.05) is 23.7 Å². The van der Waals surface area contributed by atoms with E-state index >= 15 is 0 Å². The Bertz CT molecular complexity index is 932. The lowest BCUT2D eigenvalue weighted by atomic mass is 10.3. The van der Waals surface area contributed by atoms with Crippen LogP contribution in [0.4, 0.5) is 20.7 Å². The maximum Gasteiger partial charge on any atom is 0.319 e. The largest absolute Gasteiger partial charge is 0.368 e. The molecule has 2 amide bonds. The first-order chi connectivity index (χ1) is 13.0. The zero-order valence-electron chi connectivity index (χ0n) is 14.5. The number of anilines is 2. The van der Waals surface area contributed by atoms with Gasteiger partial charge in [0.1, 0.15) is 23.3 Å². The summed E-state index contributed by atoms with van der Waals surface area (Å²) in [6, 6.07) is 9.23. The molecule has 7 nitrogen and oxygen atoms in total. The number of aryl methyl sites for hydroxylation is 1. The first-order valence-electron chi connectivity index (χ1n) is 8.24. The summed E-state index contributed by atoms with van der Waals surface area (Å²) in [6.45, 7) is 2.65. The fourth-order valence-electron chi connectivity index (χ4n) is 2.38. The lowest BCUT2D eigenvalue weighted by molar-refractivity contribution is 0.252. The summed E-state index contributed by atoms with van der Waals surface area (Å²) in [4.78, 5) is 20.6. The number of halogens is 2. The van der Waals surface area contributed by atoms with Gasteiger partial charge in [0.05, 0.1) is 5.02 Å². The van der Waals surface area contributed by atoms with Crippen molar-refractivity contribution in [3.8, 4) is 5.82 Å². The summed E-state index contributed by atoms with van der Waals surface area (Å²) < 4.78 is 15.0. The minimum absolute atomic E-state index is 0.0490. The Labute approximate surface area is 160 Å². The second kappa shape index (κ2) is 8.50. The molecular weight excluding hydrogens is 371 g/mol. The van der Waals surface area contributed by atoms with Gasteiger partial charge in [-0.15, -0.1) is 0 Å². The van der Waals surface area contributed by atoms with E-state index in [9.17, 15) is 9.18 Å². The molecule has 0 aliphatic carbocycles. The van der Waals surface area contributed by atoms with Crippen LogP contribution in [0.25, 0.3) is 5.82 Å². The molecule has 0 fully saturated rings. The molecule has 140 valence electrons. The van der Waals surface area contributed by atoms with Gasteiger partial charge in [-0.05, 0) is 37.3 Å². The van der Waals surface area contributed by atoms with Crippen LogP contribution in [-0.4, -0.2) is 33.7 Å². The standard InChI is InChI=1S/C18H18ClFN6O/c1-12-23-16(11-17(24-12)26-8-2-3-9-26)21-6-7-22-18(27)25-13-4-5-15(20)14(19)10-13/h2-5,8-11H,6-7H2,1H3,(H,21,23,24)(H2,22,25,27). The van der Waals surface area contributed by atoms with Gasteiger partial charge >= 0.3 is 6.03 Å². The number of hydrogen-bond donors (Lipinski definition) is 3. The molecule has 0 saturated carbocycles. The van der Waals surface area contributed by atoms with Gasteiger partial charge in [-0.3, -0.25) is 0 Å². The highest BCUT2D eigenvalue weighted by atomic mass is 35.5. The molecule has 0 atom stereocenters. The number of benzene rings is 1. The third-order valence-electron chi connectivity index (χ3n) is 3.59. The minimum atomic E-state index is -0.536. The second-order valence-electron chi connectivity index (χ2n) is 5.69. The van der Waals surface area contributed by atoms with Gasteiger partial charge < -0.3 is 20.5 Å². The van der Waals surface area contributed by atoms with E-state index in [-0.39, 0.29) is 5.02 Å². The van der Waals surface area contributed by atoms with Crippen molar-refractivity contribution in [3.05, 3.63) is 65.5 Å². The average molecular weight is 389 g/mol. The lowest BCUT2D eigenvalue weighted by Gasteiger charge is -2.11. The van der Waals surface area contributed by atoms with Crippen molar-refractivity contribution in [1.82, 2.24) is 19.9 Å². The van der Waals surface area contributed by atoms with E-state index in [4.69, 9.17) is 11.6 Å². The molecule has 0 saturated heterocycles. The van der Waals surface area contributed by atoms with Crippen molar-refractivity contribution < 1.29 is 9.18 Å². The van der Waals surface area contributed by atoms with E-state index in [0.717, 1.165) is 5.82 Å². The predicted molar refractivity (Wildman–Crippen MR) is 103 cm³/mol. The summed E-state index contributed by atoms with van der Waals surface area (Å²) in [5.74, 6) is 1.53. The highest BCUT2D eigenvalue weighted by Gasteiger charge is 2.06. The highest BCUT2D eigenvalue weighted by Crippen LogP contribution is 2.19. The zero-order valence-corrected chi connectivity index (χ0v) is 15.3. The molecule has 9 heteroatoms. The topological polar surface area (TPSA) is 83.9 Å². The van der Waals surface area contributed by atoms with Gasteiger partial charge in [0.2, 0.25) is 0 Å². The maximum absolute atomic E-state index is 13.1. The summed E-state index contributed by atoms with van der Waals surface area (Å²) in [5, 5.41) is 8.38. The summed E-state index contributed by atoms with van der Waals surface area (Å²) in [7, 11) is 0. The smallest absolute Gasteiger partial charge is 0.319 e. The Hall–Kier alpha value is -3.13. The van der Waals surface area contributed by atoms with E-state index in [2.05, 4.69) is 25.9 Å². The fraction of sp³-hybridized carbons (Fsp3) is 0.167. The van der Waals surface area contributed by atoms with Crippen molar-refractivity contribution >= 4 is 29.1 Å². The third kappa shape index (κ3) is 5.18. The van der Waals surface area contributed by atoms with E-state index in [1.807, 2.05) is 42.1 Å². The van der Waals surface area contributed by atoms with E-state index in [1.54, 1.807) is 0 Å². The van der Waals surface area contributed by atoms with Crippen LogP contribution in [0.3, 0.4) is 0 Å². The van der Waals surface area contributed by atoms with Crippen molar-refractivity contribution in [1.29, 1.82) is 0 Å². The van der Waals surface area contributed by atoms with Crippen LogP contribution in [0.5, 0.6) is 0 Å². The molecular formula is C18H18ClFN6O. The Morgan fingerprint density at radius 1 is 1.19 bits per heavy atom. The lowest BCUT2D eigenvalue weighted by Crippen LogP contribution is -2.32. The van der Waals surface area contributed by atoms with Crippen LogP contribution in [0.1, 0.15) is 5.82 Å². The van der Waals surface area contributed by atoms with Crippen LogP contribution in [-0.2, 0) is 0 Å². The Morgan fingerprint density at radius 2 is 1.96 bits per heavy atom. The minimum Gasteiger partial charge on any atom is -0.368 e. The third-order valence-corrected chi connectivity index (χ3v) is 3.88. The molecule has 0 spiro atoms. The Kier molecular flexibility index (Phi) is 5.87. The number of nitrogens with one attached hydrogen (secondary N) is 3. The quantitative estimate of drug-likeness (QED) is 0.563. The number of carbonyl (C=O) groups excluding carboxylic acids is 1. The second-order valence-corrected chi connectivity index (χ2v) is 6.09. The van der Waals surface area contributed by atoms with Crippen LogP contribution >= 0.6 is 11.6 Å². The fourth-order valence-corrected chi connectivity index (χ4v) is 2.56. The number of aromatic nitrogens is 3. The number of urea groups is 1. The van der Waals surface area contributed by atoms with Gasteiger partial charge in [-0.2, -0.15) is 0 Å². The molecule has 2 aromatic heterocycles. The van der Waals surface area contributed by atoms with Crippen molar-refractivity contribution in [3.63, 3.8) is 0 Å². The molecule has 3 N–H and O–H groups in total. The van der Waals surface area contributed by atoms with Gasteiger partial charge in [-0.1, -0.05) is 11.6 Å². The molecule has 0 unspecified atom stereocenters. The molecule has 2 heterocycles. The molecule has 3 aromatic rings. The van der Waals surface area contributed by atoms with Crippen LogP contribution in [0.15, 0.2) is 48.8 Å². The monoisotopic (exact) mass is 388 g/mol. The average Bonchev–Trinajstić information content (AvgIpc) is 3.16. The van der Waals surface area contributed by atoms with Gasteiger partial charge in [-0.25, -0.2) is 19.2 Å². The first-order valence-corrected chi connectivity index (χ1v) is 8.62. The SMILES string of the molecule is Cc1nc(NCCNC(=O)Nc2ccc(F)c(Cl)c2)cc(-n2cccc2)n1. The van der Waals surface area contributed by atoms with E-state index in [1.165, 1.54) is 18.2 Å². The van der Waals surface area contributed by atoms with Crippen LogP contribution < -0.4 is 16.0 Å². The highest BCUT2D eigenvalue weighted by molar-refractivity contribution is 6.31. The van der Waals surface area contributed by atoms with Gasteiger partial charge in [0, 0.05) is 37.2 Å². The number of rotatable bonds is 6. The number of amides is 2. The molecule has 1 aromatic carbocycles. The van der Waals surface area contributed by atoms with Crippen LogP contribution in [0, 0.1) is 12.7 Å². The first kappa shape index (κ1) is 18.7. The number of carbonyl (C=O) groups is 1. The predicted octanol–water partition coefficient (Wildman–Crippen LogP) is 3.60. The zero-order chi connectivity index (χ0) is 19.2. The van der Waals surface area contributed by atoms with Crippen molar-refractivity contribution in [2.24, 2.45) is 0 Å². The molecule has 0 bridgehead atoms. The molecule has 0 aliphatic heterocycles. The summed E-state index contributed by atoms with van der Waals surface area (Å²) >= 11 is 5.68. The van der Waals surface area contributed by atoms with Crippen molar-refractivity contribution in [2.45, 2.75) is 6.92 Å². The molecule has 27 heavy (non-hydrogen) atoms. The number of hydrogen-bond acceptors (Lipinski definition) is 4.